The van der Waals surface area contributed by atoms with Gasteiger partial charge in [0.15, 0.2) is 0 Å². The molecule has 4 nitrogen and oxygen atoms in total. The summed E-state index contributed by atoms with van der Waals surface area (Å²) in [6.07, 6.45) is 4.56. The van der Waals surface area contributed by atoms with Crippen molar-refractivity contribution in [3.05, 3.63) is 12.4 Å². The van der Waals surface area contributed by atoms with Gasteiger partial charge in [-0.3, -0.25) is 4.98 Å². The van der Waals surface area contributed by atoms with Crippen LogP contribution in [0.2, 0.25) is 0 Å². The Bertz CT molecular complexity index is 304. The van der Waals surface area contributed by atoms with Crippen molar-refractivity contribution in [3.63, 3.8) is 0 Å². The second-order valence-electron chi connectivity index (χ2n) is 4.59. The molecular formula is C11H20N4. The zero-order chi connectivity index (χ0) is 11.3. The molecule has 0 unspecified atom stereocenters. The van der Waals surface area contributed by atoms with Gasteiger partial charge in [0.1, 0.15) is 11.6 Å². The molecule has 15 heavy (non-hydrogen) atoms. The van der Waals surface area contributed by atoms with Gasteiger partial charge >= 0.3 is 0 Å². The van der Waals surface area contributed by atoms with Gasteiger partial charge in [-0.25, -0.2) is 4.98 Å². The van der Waals surface area contributed by atoms with Gasteiger partial charge in [-0.1, -0.05) is 6.92 Å². The highest BCUT2D eigenvalue weighted by Crippen LogP contribution is 2.12. The highest BCUT2D eigenvalue weighted by molar-refractivity contribution is 5.42. The van der Waals surface area contributed by atoms with Crippen molar-refractivity contribution < 1.29 is 0 Å². The summed E-state index contributed by atoms with van der Waals surface area (Å²) in [5.41, 5.74) is 0.0120. The number of nitrogens with one attached hydrogen (secondary N) is 2. The summed E-state index contributed by atoms with van der Waals surface area (Å²) in [5.74, 6) is 1.63. The Balaban J connectivity index is 2.66. The van der Waals surface area contributed by atoms with Crippen molar-refractivity contribution in [1.82, 2.24) is 9.97 Å². The van der Waals surface area contributed by atoms with E-state index in [1.54, 1.807) is 12.4 Å². The molecule has 0 aromatic carbocycles. The van der Waals surface area contributed by atoms with E-state index in [1.807, 2.05) is 0 Å². The van der Waals surface area contributed by atoms with Gasteiger partial charge < -0.3 is 10.6 Å². The molecule has 4 heteroatoms. The first-order chi connectivity index (χ1) is 7.01. The Kier molecular flexibility index (Phi) is 3.88. The second-order valence-corrected chi connectivity index (χ2v) is 4.59. The average molecular weight is 208 g/mol. The molecule has 1 aromatic rings. The fourth-order valence-electron chi connectivity index (χ4n) is 1.15. The highest BCUT2D eigenvalue weighted by Gasteiger charge is 2.10. The zero-order valence-corrected chi connectivity index (χ0v) is 9.96. The topological polar surface area (TPSA) is 49.8 Å². The van der Waals surface area contributed by atoms with Gasteiger partial charge in [0.25, 0.3) is 0 Å². The molecule has 0 amide bonds. The van der Waals surface area contributed by atoms with Crippen LogP contribution in [-0.4, -0.2) is 22.1 Å². The minimum absolute atomic E-state index is 0.0120. The van der Waals surface area contributed by atoms with E-state index >= 15 is 0 Å². The molecule has 2 N–H and O–H groups in total. The molecule has 0 radical (unpaired) electrons. The molecule has 0 saturated carbocycles. The van der Waals surface area contributed by atoms with Crippen LogP contribution in [0, 0.1) is 0 Å². The zero-order valence-electron chi connectivity index (χ0n) is 9.96. The lowest BCUT2D eigenvalue weighted by atomic mass is 10.1. The molecular weight excluding hydrogens is 188 g/mol. The first-order valence-electron chi connectivity index (χ1n) is 5.35. The SMILES string of the molecule is CCCNc1cncc(NC(C)(C)C)n1. The Morgan fingerprint density at radius 1 is 1.20 bits per heavy atom. The summed E-state index contributed by atoms with van der Waals surface area (Å²) >= 11 is 0. The van der Waals surface area contributed by atoms with Gasteiger partial charge in [-0.15, -0.1) is 0 Å². The summed E-state index contributed by atoms with van der Waals surface area (Å²) < 4.78 is 0. The maximum Gasteiger partial charge on any atom is 0.147 e. The van der Waals surface area contributed by atoms with E-state index < -0.39 is 0 Å². The van der Waals surface area contributed by atoms with Gasteiger partial charge in [-0.2, -0.15) is 0 Å². The third kappa shape index (κ3) is 4.63. The third-order valence-electron chi connectivity index (χ3n) is 1.69. The van der Waals surface area contributed by atoms with Crippen LogP contribution in [0.4, 0.5) is 11.6 Å². The maximum absolute atomic E-state index is 4.41. The molecule has 1 aromatic heterocycles. The van der Waals surface area contributed by atoms with Gasteiger partial charge in [-0.05, 0) is 27.2 Å². The van der Waals surface area contributed by atoms with Gasteiger partial charge in [0.2, 0.25) is 0 Å². The molecule has 0 spiro atoms. The van der Waals surface area contributed by atoms with Crippen molar-refractivity contribution >= 4 is 11.6 Å². The summed E-state index contributed by atoms with van der Waals surface area (Å²) in [5, 5.41) is 6.49. The van der Waals surface area contributed by atoms with E-state index in [0.29, 0.717) is 0 Å². The van der Waals surface area contributed by atoms with Crippen LogP contribution in [0.3, 0.4) is 0 Å². The number of anilines is 2. The minimum Gasteiger partial charge on any atom is -0.369 e. The Hall–Kier alpha value is -1.32. The molecule has 0 saturated heterocycles. The highest BCUT2D eigenvalue weighted by atomic mass is 15.1. The predicted molar refractivity (Wildman–Crippen MR) is 64.2 cm³/mol. The normalized spacial score (nSPS) is 11.2. The smallest absolute Gasteiger partial charge is 0.147 e. The van der Waals surface area contributed by atoms with Crippen molar-refractivity contribution in [2.75, 3.05) is 17.2 Å². The fraction of sp³-hybridized carbons (Fsp3) is 0.636. The molecule has 0 fully saturated rings. The third-order valence-corrected chi connectivity index (χ3v) is 1.69. The molecule has 0 aliphatic carbocycles. The molecule has 0 aliphatic rings. The van der Waals surface area contributed by atoms with E-state index in [2.05, 4.69) is 48.3 Å². The average Bonchev–Trinajstić information content (AvgIpc) is 2.12. The van der Waals surface area contributed by atoms with E-state index in [0.717, 1.165) is 24.6 Å². The maximum atomic E-state index is 4.41. The molecule has 0 bridgehead atoms. The second kappa shape index (κ2) is 4.96. The van der Waals surface area contributed by atoms with Crippen LogP contribution < -0.4 is 10.6 Å². The first-order valence-corrected chi connectivity index (χ1v) is 5.35. The summed E-state index contributed by atoms with van der Waals surface area (Å²) in [7, 11) is 0. The molecule has 84 valence electrons. The van der Waals surface area contributed by atoms with Gasteiger partial charge in [0, 0.05) is 12.1 Å². The first kappa shape index (κ1) is 11.8. The molecule has 0 aliphatic heterocycles. The van der Waals surface area contributed by atoms with Crippen LogP contribution in [-0.2, 0) is 0 Å². The van der Waals surface area contributed by atoms with Crippen LogP contribution in [0.5, 0.6) is 0 Å². The number of hydrogen-bond donors (Lipinski definition) is 2. The number of hydrogen-bond acceptors (Lipinski definition) is 4. The van der Waals surface area contributed by atoms with Crippen molar-refractivity contribution in [2.45, 2.75) is 39.7 Å². The lowest BCUT2D eigenvalue weighted by Crippen LogP contribution is -2.26. The monoisotopic (exact) mass is 208 g/mol. The predicted octanol–water partition coefficient (Wildman–Crippen LogP) is 2.51. The van der Waals surface area contributed by atoms with Crippen LogP contribution >= 0.6 is 0 Å². The summed E-state index contributed by atoms with van der Waals surface area (Å²) in [4.78, 5) is 8.55. The Morgan fingerprint density at radius 3 is 2.47 bits per heavy atom. The largest absolute Gasteiger partial charge is 0.369 e. The lowest BCUT2D eigenvalue weighted by Gasteiger charge is -2.21. The van der Waals surface area contributed by atoms with Crippen molar-refractivity contribution in [1.29, 1.82) is 0 Å². The van der Waals surface area contributed by atoms with E-state index in [1.165, 1.54) is 0 Å². The molecule has 1 heterocycles. The van der Waals surface area contributed by atoms with E-state index in [4.69, 9.17) is 0 Å². The van der Waals surface area contributed by atoms with Crippen molar-refractivity contribution in [3.8, 4) is 0 Å². The minimum atomic E-state index is 0.0120. The number of rotatable bonds is 4. The Labute approximate surface area is 91.5 Å². The van der Waals surface area contributed by atoms with Crippen LogP contribution in [0.1, 0.15) is 34.1 Å². The number of aromatic nitrogens is 2. The van der Waals surface area contributed by atoms with Crippen LogP contribution in [0.15, 0.2) is 12.4 Å². The van der Waals surface area contributed by atoms with E-state index in [-0.39, 0.29) is 5.54 Å². The fourth-order valence-corrected chi connectivity index (χ4v) is 1.15. The molecule has 1 rings (SSSR count). The lowest BCUT2D eigenvalue weighted by molar-refractivity contribution is 0.630. The standard InChI is InChI=1S/C11H20N4/c1-5-6-13-9-7-12-8-10(14-9)15-11(2,3)4/h7-8H,5-6H2,1-4H3,(H2,13,14,15). The van der Waals surface area contributed by atoms with Crippen molar-refractivity contribution in [2.24, 2.45) is 0 Å². The van der Waals surface area contributed by atoms with E-state index in [9.17, 15) is 0 Å². The Morgan fingerprint density at radius 2 is 1.87 bits per heavy atom. The number of nitrogens with zero attached hydrogens (tertiary/aromatic N) is 2. The quantitative estimate of drug-likeness (QED) is 0.798. The summed E-state index contributed by atoms with van der Waals surface area (Å²) in [6.45, 7) is 9.34. The molecule has 0 atom stereocenters. The van der Waals surface area contributed by atoms with Crippen LogP contribution in [0.25, 0.3) is 0 Å². The van der Waals surface area contributed by atoms with Gasteiger partial charge in [0.05, 0.1) is 12.4 Å². The summed E-state index contributed by atoms with van der Waals surface area (Å²) in [6, 6.07) is 0.